The van der Waals surface area contributed by atoms with Gasteiger partial charge in [0.05, 0.1) is 19.0 Å². The Bertz CT molecular complexity index is 707. The van der Waals surface area contributed by atoms with Crippen LogP contribution in [0.3, 0.4) is 0 Å². The van der Waals surface area contributed by atoms with Gasteiger partial charge in [-0.15, -0.1) is 0 Å². The summed E-state index contributed by atoms with van der Waals surface area (Å²) in [6, 6.07) is 18.0. The number of para-hydroxylation sites is 1. The van der Waals surface area contributed by atoms with Crippen LogP contribution in [-0.2, 0) is 6.54 Å². The highest BCUT2D eigenvalue weighted by atomic mass is 16.5. The van der Waals surface area contributed by atoms with Gasteiger partial charge >= 0.3 is 0 Å². The average molecular weight is 279 g/mol. The van der Waals surface area contributed by atoms with E-state index in [1.165, 1.54) is 0 Å². The fourth-order valence-corrected chi connectivity index (χ4v) is 2.11. The lowest BCUT2D eigenvalue weighted by molar-refractivity contribution is 0.415. The molecule has 0 unspecified atom stereocenters. The molecule has 0 amide bonds. The Morgan fingerprint density at radius 1 is 1.10 bits per heavy atom. The third-order valence-electron chi connectivity index (χ3n) is 3.22. The van der Waals surface area contributed by atoms with Gasteiger partial charge in [-0.3, -0.25) is 0 Å². The second kappa shape index (κ2) is 6.13. The topological polar surface area (TPSA) is 39.1 Å². The van der Waals surface area contributed by atoms with Crippen molar-refractivity contribution in [3.8, 4) is 11.4 Å². The molecule has 21 heavy (non-hydrogen) atoms. The van der Waals surface area contributed by atoms with Crippen LogP contribution >= 0.6 is 0 Å². The van der Waals surface area contributed by atoms with E-state index < -0.39 is 0 Å². The molecule has 0 saturated heterocycles. The van der Waals surface area contributed by atoms with E-state index in [2.05, 4.69) is 10.4 Å². The lowest BCUT2D eigenvalue weighted by Crippen LogP contribution is -1.98. The first-order valence-corrected chi connectivity index (χ1v) is 6.82. The van der Waals surface area contributed by atoms with Crippen LogP contribution in [0.15, 0.2) is 67.0 Å². The van der Waals surface area contributed by atoms with E-state index in [0.29, 0.717) is 0 Å². The van der Waals surface area contributed by atoms with Gasteiger partial charge < -0.3 is 10.1 Å². The minimum atomic E-state index is 0.722. The predicted octanol–water partition coefficient (Wildman–Crippen LogP) is 3.49. The molecule has 3 aromatic rings. The first-order valence-electron chi connectivity index (χ1n) is 6.82. The van der Waals surface area contributed by atoms with Gasteiger partial charge in [0, 0.05) is 30.1 Å². The Labute approximate surface area is 124 Å². The molecular weight excluding hydrogens is 262 g/mol. The number of anilines is 1. The van der Waals surface area contributed by atoms with Gasteiger partial charge in [0.1, 0.15) is 5.75 Å². The average Bonchev–Trinajstić information content (AvgIpc) is 3.03. The van der Waals surface area contributed by atoms with Crippen LogP contribution in [-0.4, -0.2) is 16.9 Å². The molecule has 4 nitrogen and oxygen atoms in total. The normalized spacial score (nSPS) is 10.3. The van der Waals surface area contributed by atoms with Gasteiger partial charge in [0.2, 0.25) is 0 Å². The van der Waals surface area contributed by atoms with Crippen LogP contribution in [0.25, 0.3) is 5.69 Å². The smallest absolute Gasteiger partial charge is 0.120 e. The second-order valence-electron chi connectivity index (χ2n) is 4.71. The zero-order valence-electron chi connectivity index (χ0n) is 11.9. The first kappa shape index (κ1) is 13.2. The number of ether oxygens (including phenoxy) is 1. The number of rotatable bonds is 5. The summed E-state index contributed by atoms with van der Waals surface area (Å²) in [5, 5.41) is 7.75. The molecule has 0 aliphatic heterocycles. The SMILES string of the molecule is COc1cccc(NCc2cnn(-c3ccccc3)c2)c1. The van der Waals surface area contributed by atoms with Gasteiger partial charge in [0.25, 0.3) is 0 Å². The molecule has 2 aromatic carbocycles. The highest BCUT2D eigenvalue weighted by molar-refractivity contribution is 5.48. The van der Waals surface area contributed by atoms with Crippen molar-refractivity contribution >= 4 is 5.69 Å². The van der Waals surface area contributed by atoms with Crippen LogP contribution in [0.1, 0.15) is 5.56 Å². The zero-order valence-corrected chi connectivity index (χ0v) is 11.9. The van der Waals surface area contributed by atoms with E-state index in [1.54, 1.807) is 7.11 Å². The van der Waals surface area contributed by atoms with Gasteiger partial charge in [0.15, 0.2) is 0 Å². The largest absolute Gasteiger partial charge is 0.497 e. The van der Waals surface area contributed by atoms with E-state index in [4.69, 9.17) is 4.74 Å². The second-order valence-corrected chi connectivity index (χ2v) is 4.71. The molecule has 4 heteroatoms. The summed E-state index contributed by atoms with van der Waals surface area (Å²) in [4.78, 5) is 0. The lowest BCUT2D eigenvalue weighted by atomic mass is 10.3. The molecule has 3 rings (SSSR count). The third kappa shape index (κ3) is 3.23. The maximum Gasteiger partial charge on any atom is 0.120 e. The van der Waals surface area contributed by atoms with Crippen LogP contribution in [0, 0.1) is 0 Å². The minimum absolute atomic E-state index is 0.722. The summed E-state index contributed by atoms with van der Waals surface area (Å²) >= 11 is 0. The Morgan fingerprint density at radius 2 is 1.95 bits per heavy atom. The Balaban J connectivity index is 1.67. The summed E-state index contributed by atoms with van der Waals surface area (Å²) in [6.07, 6.45) is 3.91. The Hall–Kier alpha value is -2.75. The van der Waals surface area contributed by atoms with Crippen molar-refractivity contribution in [2.45, 2.75) is 6.54 Å². The molecule has 1 heterocycles. The fraction of sp³-hybridized carbons (Fsp3) is 0.118. The zero-order chi connectivity index (χ0) is 14.5. The summed E-state index contributed by atoms with van der Waals surface area (Å²) in [5.74, 6) is 0.847. The van der Waals surface area contributed by atoms with E-state index >= 15 is 0 Å². The summed E-state index contributed by atoms with van der Waals surface area (Å²) in [7, 11) is 1.67. The molecule has 0 spiro atoms. The maximum absolute atomic E-state index is 5.21. The fourth-order valence-electron chi connectivity index (χ4n) is 2.11. The molecule has 0 fully saturated rings. The van der Waals surface area contributed by atoms with Crippen LogP contribution in [0.5, 0.6) is 5.75 Å². The molecule has 106 valence electrons. The summed E-state index contributed by atoms with van der Waals surface area (Å²) < 4.78 is 7.09. The first-order chi connectivity index (χ1) is 10.3. The van der Waals surface area contributed by atoms with Crippen molar-refractivity contribution in [2.75, 3.05) is 12.4 Å². The molecule has 0 radical (unpaired) electrons. The van der Waals surface area contributed by atoms with Crippen molar-refractivity contribution in [1.82, 2.24) is 9.78 Å². The van der Waals surface area contributed by atoms with E-state index in [9.17, 15) is 0 Å². The number of hydrogen-bond donors (Lipinski definition) is 1. The molecule has 0 saturated carbocycles. The number of benzene rings is 2. The molecular formula is C17H17N3O. The number of nitrogens with zero attached hydrogens (tertiary/aromatic N) is 2. The van der Waals surface area contributed by atoms with Gasteiger partial charge in [-0.1, -0.05) is 24.3 Å². The Kier molecular flexibility index (Phi) is 3.87. The quantitative estimate of drug-likeness (QED) is 0.777. The number of hydrogen-bond acceptors (Lipinski definition) is 3. The lowest BCUT2D eigenvalue weighted by Gasteiger charge is -2.06. The minimum Gasteiger partial charge on any atom is -0.497 e. The van der Waals surface area contributed by atoms with Gasteiger partial charge in [-0.25, -0.2) is 4.68 Å². The van der Waals surface area contributed by atoms with Crippen LogP contribution < -0.4 is 10.1 Å². The highest BCUT2D eigenvalue weighted by Gasteiger charge is 2.01. The predicted molar refractivity (Wildman–Crippen MR) is 83.9 cm³/mol. The maximum atomic E-state index is 5.21. The summed E-state index contributed by atoms with van der Waals surface area (Å²) in [6.45, 7) is 0.722. The molecule has 0 aliphatic rings. The Morgan fingerprint density at radius 3 is 2.76 bits per heavy atom. The molecule has 1 N–H and O–H groups in total. The third-order valence-corrected chi connectivity index (χ3v) is 3.22. The van der Waals surface area contributed by atoms with Crippen molar-refractivity contribution in [2.24, 2.45) is 0 Å². The molecule has 0 bridgehead atoms. The van der Waals surface area contributed by atoms with Crippen molar-refractivity contribution in [3.05, 3.63) is 72.6 Å². The van der Waals surface area contributed by atoms with Crippen LogP contribution in [0.4, 0.5) is 5.69 Å². The summed E-state index contributed by atoms with van der Waals surface area (Å²) in [5.41, 5.74) is 3.22. The van der Waals surface area contributed by atoms with Crippen molar-refractivity contribution in [3.63, 3.8) is 0 Å². The van der Waals surface area contributed by atoms with E-state index in [-0.39, 0.29) is 0 Å². The molecule has 1 aromatic heterocycles. The highest BCUT2D eigenvalue weighted by Crippen LogP contribution is 2.17. The monoisotopic (exact) mass is 279 g/mol. The molecule has 0 atom stereocenters. The standard InChI is InChI=1S/C17H17N3O/c1-21-17-9-5-6-15(10-17)18-11-14-12-19-20(13-14)16-7-3-2-4-8-16/h2-10,12-13,18H,11H2,1H3. The van der Waals surface area contributed by atoms with Crippen molar-refractivity contribution < 1.29 is 4.74 Å². The van der Waals surface area contributed by atoms with E-state index in [1.807, 2.05) is 71.7 Å². The van der Waals surface area contributed by atoms with Crippen LogP contribution in [0.2, 0.25) is 0 Å². The van der Waals surface area contributed by atoms with Crippen molar-refractivity contribution in [1.29, 1.82) is 0 Å². The molecule has 0 aliphatic carbocycles. The van der Waals surface area contributed by atoms with Gasteiger partial charge in [-0.05, 0) is 24.3 Å². The number of aromatic nitrogens is 2. The van der Waals surface area contributed by atoms with Gasteiger partial charge in [-0.2, -0.15) is 5.10 Å². The van der Waals surface area contributed by atoms with E-state index in [0.717, 1.165) is 29.2 Å². The number of methoxy groups -OCH3 is 1. The number of nitrogens with one attached hydrogen (secondary N) is 1.